The van der Waals surface area contributed by atoms with Gasteiger partial charge in [0, 0.05) is 6.54 Å². The van der Waals surface area contributed by atoms with Crippen molar-refractivity contribution in [2.45, 2.75) is 32.7 Å². The SMILES string of the molecule is CCN(C(=O)COC(=O)C[C@@H](C)c1ccccc1)c1c(N)n(Cc2ccccc2)c(=O)[nH]c1=O. The van der Waals surface area contributed by atoms with Gasteiger partial charge in [0.1, 0.15) is 5.82 Å². The van der Waals surface area contributed by atoms with Crippen molar-refractivity contribution in [1.82, 2.24) is 9.55 Å². The van der Waals surface area contributed by atoms with Crippen molar-refractivity contribution in [2.75, 3.05) is 23.8 Å². The van der Waals surface area contributed by atoms with Crippen molar-refractivity contribution < 1.29 is 14.3 Å². The quantitative estimate of drug-likeness (QED) is 0.468. The second kappa shape index (κ2) is 11.1. The van der Waals surface area contributed by atoms with Crippen LogP contribution in [-0.2, 0) is 20.9 Å². The number of H-pyrrole nitrogens is 1. The van der Waals surface area contributed by atoms with Crippen molar-refractivity contribution in [3.63, 3.8) is 0 Å². The molecule has 0 aliphatic heterocycles. The molecule has 9 heteroatoms. The smallest absolute Gasteiger partial charge is 0.330 e. The minimum atomic E-state index is -0.786. The summed E-state index contributed by atoms with van der Waals surface area (Å²) >= 11 is 0. The van der Waals surface area contributed by atoms with E-state index < -0.39 is 29.7 Å². The average molecular weight is 465 g/mol. The van der Waals surface area contributed by atoms with E-state index in [9.17, 15) is 19.2 Å². The van der Waals surface area contributed by atoms with Crippen molar-refractivity contribution in [1.29, 1.82) is 0 Å². The molecule has 0 unspecified atom stereocenters. The predicted molar refractivity (Wildman–Crippen MR) is 130 cm³/mol. The normalized spacial score (nSPS) is 11.6. The highest BCUT2D eigenvalue weighted by atomic mass is 16.5. The van der Waals surface area contributed by atoms with E-state index in [-0.39, 0.29) is 36.9 Å². The topological polar surface area (TPSA) is 127 Å². The fourth-order valence-corrected chi connectivity index (χ4v) is 3.65. The van der Waals surface area contributed by atoms with Crippen LogP contribution in [0, 0.1) is 0 Å². The zero-order valence-corrected chi connectivity index (χ0v) is 19.2. The predicted octanol–water partition coefficient (Wildman–Crippen LogP) is 2.26. The Morgan fingerprint density at radius 3 is 2.29 bits per heavy atom. The minimum absolute atomic E-state index is 0.0777. The molecule has 2 aromatic carbocycles. The molecule has 0 fully saturated rings. The number of nitrogens with one attached hydrogen (secondary N) is 1. The zero-order valence-electron chi connectivity index (χ0n) is 19.2. The molecular formula is C25H28N4O5. The standard InChI is InChI=1S/C25H28N4O5/c1-3-28(20(30)16-34-21(31)14-17(2)19-12-8-5-9-13-19)22-23(26)29(25(33)27-24(22)32)15-18-10-6-4-7-11-18/h4-13,17H,3,14-16,26H2,1-2H3,(H,27,32,33)/t17-/m1/s1. The molecule has 1 atom stereocenters. The fourth-order valence-electron chi connectivity index (χ4n) is 3.65. The monoisotopic (exact) mass is 464 g/mol. The highest BCUT2D eigenvalue weighted by Crippen LogP contribution is 2.20. The lowest BCUT2D eigenvalue weighted by atomic mass is 9.98. The fraction of sp³-hybridized carbons (Fsp3) is 0.280. The molecule has 178 valence electrons. The summed E-state index contributed by atoms with van der Waals surface area (Å²) in [6, 6.07) is 18.6. The van der Waals surface area contributed by atoms with Gasteiger partial charge < -0.3 is 15.4 Å². The van der Waals surface area contributed by atoms with Crippen LogP contribution >= 0.6 is 0 Å². The van der Waals surface area contributed by atoms with Crippen molar-refractivity contribution in [3.8, 4) is 0 Å². The highest BCUT2D eigenvalue weighted by molar-refractivity contribution is 5.97. The Morgan fingerprint density at radius 2 is 1.68 bits per heavy atom. The molecule has 3 aromatic rings. The lowest BCUT2D eigenvalue weighted by Gasteiger charge is -2.23. The van der Waals surface area contributed by atoms with Gasteiger partial charge in [0.2, 0.25) is 0 Å². The molecule has 3 N–H and O–H groups in total. The van der Waals surface area contributed by atoms with Crippen LogP contribution in [0.4, 0.5) is 11.5 Å². The highest BCUT2D eigenvalue weighted by Gasteiger charge is 2.24. The van der Waals surface area contributed by atoms with Gasteiger partial charge >= 0.3 is 11.7 Å². The van der Waals surface area contributed by atoms with E-state index >= 15 is 0 Å². The van der Waals surface area contributed by atoms with E-state index in [1.807, 2.05) is 67.6 Å². The van der Waals surface area contributed by atoms with Gasteiger partial charge in [0.15, 0.2) is 12.3 Å². The van der Waals surface area contributed by atoms with Crippen LogP contribution in [0.2, 0.25) is 0 Å². The summed E-state index contributed by atoms with van der Waals surface area (Å²) in [5.74, 6) is -1.37. The summed E-state index contributed by atoms with van der Waals surface area (Å²) in [5.41, 5.74) is 6.34. The first-order valence-electron chi connectivity index (χ1n) is 11.0. The molecule has 34 heavy (non-hydrogen) atoms. The first-order valence-corrected chi connectivity index (χ1v) is 11.0. The molecule has 0 aliphatic carbocycles. The van der Waals surface area contributed by atoms with Crippen LogP contribution in [0.5, 0.6) is 0 Å². The van der Waals surface area contributed by atoms with E-state index in [1.54, 1.807) is 6.92 Å². The second-order valence-electron chi connectivity index (χ2n) is 7.88. The first-order chi connectivity index (χ1) is 16.3. The molecule has 0 saturated heterocycles. The Morgan fingerprint density at radius 1 is 1.06 bits per heavy atom. The van der Waals surface area contributed by atoms with Crippen LogP contribution in [-0.4, -0.2) is 34.6 Å². The summed E-state index contributed by atoms with van der Waals surface area (Å²) < 4.78 is 6.37. The van der Waals surface area contributed by atoms with E-state index in [4.69, 9.17) is 10.5 Å². The van der Waals surface area contributed by atoms with Crippen LogP contribution < -0.4 is 21.9 Å². The number of carbonyl (C=O) groups is 2. The number of esters is 1. The maximum Gasteiger partial charge on any atom is 0.330 e. The maximum atomic E-state index is 12.8. The number of ether oxygens (including phenoxy) is 1. The molecule has 9 nitrogen and oxygen atoms in total. The number of rotatable bonds is 9. The number of hydrogen-bond acceptors (Lipinski definition) is 6. The average Bonchev–Trinajstić information content (AvgIpc) is 2.84. The molecule has 3 rings (SSSR count). The number of anilines is 2. The Hall–Kier alpha value is -4.14. The Balaban J connectivity index is 1.74. The number of carbonyl (C=O) groups excluding carboxylic acids is 2. The molecule has 0 spiro atoms. The van der Waals surface area contributed by atoms with Gasteiger partial charge in [-0.3, -0.25) is 23.9 Å². The summed E-state index contributed by atoms with van der Waals surface area (Å²) in [5, 5.41) is 0. The Kier molecular flexibility index (Phi) is 8.02. The number of aromatic nitrogens is 2. The van der Waals surface area contributed by atoms with Crippen LogP contribution in [0.15, 0.2) is 70.3 Å². The zero-order chi connectivity index (χ0) is 24.7. The van der Waals surface area contributed by atoms with E-state index in [1.165, 1.54) is 4.57 Å². The number of nitrogen functional groups attached to an aromatic ring is 1. The van der Waals surface area contributed by atoms with E-state index in [0.717, 1.165) is 16.0 Å². The van der Waals surface area contributed by atoms with Gasteiger partial charge in [-0.1, -0.05) is 67.6 Å². The molecule has 1 amide bonds. The number of hydrogen-bond donors (Lipinski definition) is 2. The first kappa shape index (κ1) is 24.5. The number of aromatic amines is 1. The lowest BCUT2D eigenvalue weighted by molar-refractivity contribution is -0.148. The number of amides is 1. The van der Waals surface area contributed by atoms with Gasteiger partial charge in [-0.25, -0.2) is 4.79 Å². The summed E-state index contributed by atoms with van der Waals surface area (Å²) in [6.07, 6.45) is 0.105. The third kappa shape index (κ3) is 5.80. The maximum absolute atomic E-state index is 12.8. The molecular weight excluding hydrogens is 436 g/mol. The molecule has 0 aliphatic rings. The van der Waals surface area contributed by atoms with Gasteiger partial charge in [0.05, 0.1) is 13.0 Å². The number of benzene rings is 2. The molecule has 0 saturated carbocycles. The Labute approximate surface area is 196 Å². The number of likely N-dealkylation sites (N-methyl/N-ethyl adjacent to an activating group) is 1. The molecule has 1 heterocycles. The minimum Gasteiger partial charge on any atom is -0.456 e. The van der Waals surface area contributed by atoms with Crippen LogP contribution in [0.3, 0.4) is 0 Å². The van der Waals surface area contributed by atoms with Gasteiger partial charge in [-0.05, 0) is 24.0 Å². The molecule has 0 bridgehead atoms. The van der Waals surface area contributed by atoms with Crippen molar-refractivity contribution in [3.05, 3.63) is 92.6 Å². The van der Waals surface area contributed by atoms with Gasteiger partial charge in [0.25, 0.3) is 11.5 Å². The van der Waals surface area contributed by atoms with Crippen LogP contribution in [0.1, 0.15) is 37.3 Å². The van der Waals surface area contributed by atoms with Crippen molar-refractivity contribution in [2.24, 2.45) is 0 Å². The largest absolute Gasteiger partial charge is 0.456 e. The van der Waals surface area contributed by atoms with Crippen molar-refractivity contribution >= 4 is 23.4 Å². The van der Waals surface area contributed by atoms with E-state index in [0.29, 0.717) is 0 Å². The van der Waals surface area contributed by atoms with Gasteiger partial charge in [-0.2, -0.15) is 0 Å². The van der Waals surface area contributed by atoms with E-state index in [2.05, 4.69) is 4.98 Å². The summed E-state index contributed by atoms with van der Waals surface area (Å²) in [6.45, 7) is 3.21. The third-order valence-electron chi connectivity index (χ3n) is 5.48. The van der Waals surface area contributed by atoms with Gasteiger partial charge in [-0.15, -0.1) is 0 Å². The molecule has 1 aromatic heterocycles. The third-order valence-corrected chi connectivity index (χ3v) is 5.48. The summed E-state index contributed by atoms with van der Waals surface area (Å²) in [4.78, 5) is 53.4. The Bertz CT molecular complexity index is 1250. The second-order valence-corrected chi connectivity index (χ2v) is 7.88. The lowest BCUT2D eigenvalue weighted by Crippen LogP contribution is -2.42. The molecule has 0 radical (unpaired) electrons. The number of nitrogens with two attached hydrogens (primary N) is 1. The van der Waals surface area contributed by atoms with Crippen LogP contribution in [0.25, 0.3) is 0 Å². The number of nitrogens with zero attached hydrogens (tertiary/aromatic N) is 2. The summed E-state index contributed by atoms with van der Waals surface area (Å²) in [7, 11) is 0.